The molecule has 0 fully saturated rings. The third-order valence-corrected chi connectivity index (χ3v) is 3.12. The Morgan fingerprint density at radius 3 is 2.74 bits per heavy atom. The number of hydrogen-bond acceptors (Lipinski definition) is 4. The second-order valence-electron chi connectivity index (χ2n) is 4.88. The second-order valence-corrected chi connectivity index (χ2v) is 4.88. The highest BCUT2D eigenvalue weighted by Crippen LogP contribution is 2.31. The molecular weight excluding hydrogens is 244 g/mol. The third kappa shape index (κ3) is 3.17. The lowest BCUT2D eigenvalue weighted by Crippen LogP contribution is -2.33. The van der Waals surface area contributed by atoms with Crippen LogP contribution in [0.5, 0.6) is 11.5 Å². The van der Waals surface area contributed by atoms with Crippen LogP contribution in [0.2, 0.25) is 0 Å². The first-order chi connectivity index (χ1) is 9.11. The zero-order valence-electron chi connectivity index (χ0n) is 11.4. The van der Waals surface area contributed by atoms with Gasteiger partial charge >= 0.3 is 0 Å². The summed E-state index contributed by atoms with van der Waals surface area (Å²) in [5.41, 5.74) is 6.18. The van der Waals surface area contributed by atoms with Gasteiger partial charge in [-0.15, -0.1) is 0 Å². The number of fused-ring (bicyclic) bond motifs is 1. The minimum atomic E-state index is -0.0303. The summed E-state index contributed by atoms with van der Waals surface area (Å²) in [5, 5.41) is 0. The lowest BCUT2D eigenvalue weighted by Gasteiger charge is -2.22. The normalized spacial score (nSPS) is 14.9. The zero-order valence-corrected chi connectivity index (χ0v) is 11.4. The van der Waals surface area contributed by atoms with Gasteiger partial charge in [0.05, 0.1) is 0 Å². The molecule has 1 aliphatic rings. The van der Waals surface area contributed by atoms with Gasteiger partial charge in [-0.1, -0.05) is 6.92 Å². The largest absolute Gasteiger partial charge is 0.486 e. The molecule has 1 unspecified atom stereocenters. The Morgan fingerprint density at radius 2 is 2.05 bits per heavy atom. The van der Waals surface area contributed by atoms with E-state index in [1.807, 2.05) is 6.92 Å². The maximum atomic E-state index is 12.3. The molecule has 0 spiro atoms. The van der Waals surface area contributed by atoms with Crippen molar-refractivity contribution < 1.29 is 14.3 Å². The van der Waals surface area contributed by atoms with Crippen LogP contribution in [-0.4, -0.2) is 44.2 Å². The van der Waals surface area contributed by atoms with Crippen molar-refractivity contribution in [1.82, 2.24) is 4.90 Å². The van der Waals surface area contributed by atoms with Gasteiger partial charge in [0.15, 0.2) is 11.5 Å². The number of nitrogens with two attached hydrogens (primary N) is 1. The predicted octanol–water partition coefficient (Wildman–Crippen LogP) is 1.12. The van der Waals surface area contributed by atoms with E-state index in [1.165, 1.54) is 0 Å². The number of benzene rings is 1. The maximum absolute atomic E-state index is 12.3. The lowest BCUT2D eigenvalue weighted by molar-refractivity contribution is 0.0776. The van der Waals surface area contributed by atoms with E-state index in [0.717, 1.165) is 0 Å². The number of rotatable bonds is 4. The van der Waals surface area contributed by atoms with Gasteiger partial charge in [0.25, 0.3) is 5.91 Å². The van der Waals surface area contributed by atoms with Gasteiger partial charge in [-0.2, -0.15) is 0 Å². The van der Waals surface area contributed by atoms with Crippen LogP contribution in [0.1, 0.15) is 17.3 Å². The van der Waals surface area contributed by atoms with Crippen molar-refractivity contribution >= 4 is 5.91 Å². The standard InChI is InChI=1S/C14H20N2O3/c1-10(8-15)9-16(2)14(17)11-3-4-12-13(7-11)19-6-5-18-12/h3-4,7,10H,5-6,8-9,15H2,1-2H3. The summed E-state index contributed by atoms with van der Waals surface area (Å²) in [6.07, 6.45) is 0. The van der Waals surface area contributed by atoms with E-state index in [-0.39, 0.29) is 11.8 Å². The minimum Gasteiger partial charge on any atom is -0.486 e. The highest BCUT2D eigenvalue weighted by molar-refractivity contribution is 5.94. The monoisotopic (exact) mass is 264 g/mol. The fraction of sp³-hybridized carbons (Fsp3) is 0.500. The second kappa shape index (κ2) is 5.93. The van der Waals surface area contributed by atoms with Crippen LogP contribution >= 0.6 is 0 Å². The molecule has 104 valence electrons. The van der Waals surface area contributed by atoms with Crippen LogP contribution in [0, 0.1) is 5.92 Å². The highest BCUT2D eigenvalue weighted by Gasteiger charge is 2.18. The first-order valence-electron chi connectivity index (χ1n) is 6.47. The first-order valence-corrected chi connectivity index (χ1v) is 6.47. The van der Waals surface area contributed by atoms with Crippen molar-refractivity contribution in [1.29, 1.82) is 0 Å². The van der Waals surface area contributed by atoms with Gasteiger partial charge in [-0.25, -0.2) is 0 Å². The first kappa shape index (κ1) is 13.7. The van der Waals surface area contributed by atoms with Gasteiger partial charge in [0, 0.05) is 19.2 Å². The van der Waals surface area contributed by atoms with Crippen molar-refractivity contribution in [3.8, 4) is 11.5 Å². The molecule has 0 radical (unpaired) electrons. The van der Waals surface area contributed by atoms with Crippen molar-refractivity contribution in [2.45, 2.75) is 6.92 Å². The Bertz CT molecular complexity index is 462. The molecule has 5 heteroatoms. The maximum Gasteiger partial charge on any atom is 0.253 e. The Morgan fingerprint density at radius 1 is 1.37 bits per heavy atom. The Balaban J connectivity index is 2.10. The van der Waals surface area contributed by atoms with Crippen LogP contribution < -0.4 is 15.2 Å². The molecule has 2 rings (SSSR count). The summed E-state index contributed by atoms with van der Waals surface area (Å²) in [4.78, 5) is 14.0. The molecule has 1 aliphatic heterocycles. The summed E-state index contributed by atoms with van der Waals surface area (Å²) in [6, 6.07) is 5.28. The number of hydrogen-bond donors (Lipinski definition) is 1. The fourth-order valence-electron chi connectivity index (χ4n) is 2.02. The van der Waals surface area contributed by atoms with E-state index >= 15 is 0 Å². The van der Waals surface area contributed by atoms with Crippen LogP contribution in [0.4, 0.5) is 0 Å². The van der Waals surface area contributed by atoms with E-state index in [1.54, 1.807) is 30.1 Å². The predicted molar refractivity (Wildman–Crippen MR) is 72.6 cm³/mol. The summed E-state index contributed by atoms with van der Waals surface area (Å²) < 4.78 is 10.9. The summed E-state index contributed by atoms with van der Waals surface area (Å²) in [6.45, 7) is 4.30. The molecule has 2 N–H and O–H groups in total. The Hall–Kier alpha value is -1.75. The summed E-state index contributed by atoms with van der Waals surface area (Å²) in [7, 11) is 1.78. The van der Waals surface area contributed by atoms with Gasteiger partial charge in [0.2, 0.25) is 0 Å². The summed E-state index contributed by atoms with van der Waals surface area (Å²) >= 11 is 0. The van der Waals surface area contributed by atoms with E-state index in [4.69, 9.17) is 15.2 Å². The van der Waals surface area contributed by atoms with E-state index in [2.05, 4.69) is 0 Å². The number of carbonyl (C=O) groups is 1. The minimum absolute atomic E-state index is 0.0303. The number of ether oxygens (including phenoxy) is 2. The van der Waals surface area contributed by atoms with E-state index < -0.39 is 0 Å². The van der Waals surface area contributed by atoms with Gasteiger partial charge in [0.1, 0.15) is 13.2 Å². The van der Waals surface area contributed by atoms with Crippen LogP contribution in [0.3, 0.4) is 0 Å². The molecular formula is C14H20N2O3. The molecule has 1 aromatic carbocycles. The SMILES string of the molecule is CC(CN)CN(C)C(=O)c1ccc2c(c1)OCCO2. The molecule has 0 aromatic heterocycles. The van der Waals surface area contributed by atoms with Gasteiger partial charge in [-0.05, 0) is 30.7 Å². The Labute approximate surface area is 113 Å². The molecule has 0 bridgehead atoms. The topological polar surface area (TPSA) is 64.8 Å². The van der Waals surface area contributed by atoms with E-state index in [0.29, 0.717) is 43.4 Å². The quantitative estimate of drug-likeness (QED) is 0.885. The average Bonchev–Trinajstić information content (AvgIpc) is 2.45. The molecule has 5 nitrogen and oxygen atoms in total. The fourth-order valence-corrected chi connectivity index (χ4v) is 2.02. The number of amides is 1. The molecule has 0 saturated heterocycles. The third-order valence-electron chi connectivity index (χ3n) is 3.12. The molecule has 1 heterocycles. The average molecular weight is 264 g/mol. The molecule has 19 heavy (non-hydrogen) atoms. The molecule has 1 amide bonds. The number of carbonyl (C=O) groups excluding carboxylic acids is 1. The molecule has 1 aromatic rings. The highest BCUT2D eigenvalue weighted by atomic mass is 16.6. The van der Waals surface area contributed by atoms with E-state index in [9.17, 15) is 4.79 Å². The number of nitrogens with zero attached hydrogens (tertiary/aromatic N) is 1. The van der Waals surface area contributed by atoms with Crippen molar-refractivity contribution in [3.63, 3.8) is 0 Å². The van der Waals surface area contributed by atoms with Crippen molar-refractivity contribution in [2.24, 2.45) is 11.7 Å². The molecule has 0 saturated carbocycles. The van der Waals surface area contributed by atoms with Crippen LogP contribution in [-0.2, 0) is 0 Å². The van der Waals surface area contributed by atoms with Crippen LogP contribution in [0.25, 0.3) is 0 Å². The Kier molecular flexibility index (Phi) is 4.27. The van der Waals surface area contributed by atoms with Crippen molar-refractivity contribution in [3.05, 3.63) is 23.8 Å². The molecule has 0 aliphatic carbocycles. The van der Waals surface area contributed by atoms with Gasteiger partial charge in [-0.3, -0.25) is 4.79 Å². The van der Waals surface area contributed by atoms with Gasteiger partial charge < -0.3 is 20.1 Å². The zero-order chi connectivity index (χ0) is 13.8. The van der Waals surface area contributed by atoms with Crippen molar-refractivity contribution in [2.75, 3.05) is 33.4 Å². The molecule has 1 atom stereocenters. The summed E-state index contributed by atoms with van der Waals surface area (Å²) in [5.74, 6) is 1.58. The smallest absolute Gasteiger partial charge is 0.253 e. The van der Waals surface area contributed by atoms with Crippen LogP contribution in [0.15, 0.2) is 18.2 Å². The lowest BCUT2D eigenvalue weighted by atomic mass is 10.1.